The first-order valence-corrected chi connectivity index (χ1v) is 7.85. The first kappa shape index (κ1) is 14.3. The third-order valence-corrected chi connectivity index (χ3v) is 3.83. The molecule has 1 aliphatic heterocycles. The maximum atomic E-state index is 6.12. The quantitative estimate of drug-likeness (QED) is 0.728. The van der Waals surface area contributed by atoms with Gasteiger partial charge in [0.25, 0.3) is 0 Å². The number of thioether (sulfide) groups is 1. The van der Waals surface area contributed by atoms with Crippen molar-refractivity contribution in [3.8, 4) is 0 Å². The highest BCUT2D eigenvalue weighted by Crippen LogP contribution is 2.05. The van der Waals surface area contributed by atoms with Gasteiger partial charge in [-0.2, -0.15) is 11.8 Å². The molecule has 1 aliphatic rings. The van der Waals surface area contributed by atoms with Crippen LogP contribution in [0.5, 0.6) is 0 Å². The van der Waals surface area contributed by atoms with Crippen LogP contribution < -0.4 is 5.73 Å². The maximum absolute atomic E-state index is 6.12. The summed E-state index contributed by atoms with van der Waals surface area (Å²) in [7, 11) is 0. The van der Waals surface area contributed by atoms with E-state index in [9.17, 15) is 0 Å². The van der Waals surface area contributed by atoms with Crippen LogP contribution in [0, 0.1) is 0 Å². The number of hydrogen-bond donors (Lipinski definition) is 1. The molecule has 0 radical (unpaired) electrons. The predicted molar refractivity (Wildman–Crippen MR) is 74.1 cm³/mol. The lowest BCUT2D eigenvalue weighted by Gasteiger charge is -2.35. The third kappa shape index (κ3) is 5.53. The summed E-state index contributed by atoms with van der Waals surface area (Å²) in [4.78, 5) is 5.08. The van der Waals surface area contributed by atoms with Crippen LogP contribution in [0.15, 0.2) is 0 Å². The van der Waals surface area contributed by atoms with Crippen molar-refractivity contribution >= 4 is 11.8 Å². The Bertz CT molecular complexity index is 170. The molecule has 0 spiro atoms. The lowest BCUT2D eigenvalue weighted by Crippen LogP contribution is -2.49. The van der Waals surface area contributed by atoms with Crippen molar-refractivity contribution in [3.63, 3.8) is 0 Å². The molecule has 0 aliphatic carbocycles. The molecule has 0 bridgehead atoms. The summed E-state index contributed by atoms with van der Waals surface area (Å²) in [5.41, 5.74) is 6.12. The summed E-state index contributed by atoms with van der Waals surface area (Å²) < 4.78 is 0. The van der Waals surface area contributed by atoms with Gasteiger partial charge < -0.3 is 10.6 Å². The van der Waals surface area contributed by atoms with E-state index < -0.39 is 0 Å². The molecule has 4 heteroatoms. The van der Waals surface area contributed by atoms with E-state index in [-0.39, 0.29) is 0 Å². The zero-order valence-electron chi connectivity index (χ0n) is 10.8. The molecule has 16 heavy (non-hydrogen) atoms. The number of hydrogen-bond acceptors (Lipinski definition) is 4. The molecule has 1 rings (SSSR count). The molecule has 2 N–H and O–H groups in total. The van der Waals surface area contributed by atoms with E-state index in [0.29, 0.717) is 6.04 Å². The Kier molecular flexibility index (Phi) is 7.45. The largest absolute Gasteiger partial charge is 0.327 e. The second-order valence-corrected chi connectivity index (χ2v) is 5.67. The van der Waals surface area contributed by atoms with Gasteiger partial charge in [0.2, 0.25) is 0 Å². The van der Waals surface area contributed by atoms with Crippen molar-refractivity contribution in [2.45, 2.75) is 25.8 Å². The summed E-state index contributed by atoms with van der Waals surface area (Å²) in [5.74, 6) is 1.19. The molecule has 3 nitrogen and oxygen atoms in total. The Labute approximate surface area is 105 Å². The molecule has 0 unspecified atom stereocenters. The van der Waals surface area contributed by atoms with Gasteiger partial charge in [-0.05, 0) is 31.4 Å². The van der Waals surface area contributed by atoms with E-state index in [1.807, 2.05) is 11.8 Å². The molecule has 1 fully saturated rings. The van der Waals surface area contributed by atoms with Crippen LogP contribution in [0.4, 0.5) is 0 Å². The minimum absolute atomic E-state index is 0.366. The zero-order chi connectivity index (χ0) is 11.8. The fraction of sp³-hybridized carbons (Fsp3) is 1.00. The van der Waals surface area contributed by atoms with E-state index in [4.69, 9.17) is 5.73 Å². The van der Waals surface area contributed by atoms with E-state index >= 15 is 0 Å². The standard InChI is InChI=1S/C12H27N3S/c1-3-5-14-6-8-15(9-7-14)11-12(13)4-10-16-2/h12H,3-11,13H2,1-2H3/t12-/m0/s1. The fourth-order valence-corrected chi connectivity index (χ4v) is 2.74. The van der Waals surface area contributed by atoms with Crippen LogP contribution in [0.2, 0.25) is 0 Å². The second-order valence-electron chi connectivity index (χ2n) is 4.68. The summed E-state index contributed by atoms with van der Waals surface area (Å²) in [5, 5.41) is 0. The van der Waals surface area contributed by atoms with Crippen molar-refractivity contribution in [1.82, 2.24) is 9.80 Å². The molecule has 1 saturated heterocycles. The molecule has 0 aromatic carbocycles. The van der Waals surface area contributed by atoms with Gasteiger partial charge >= 0.3 is 0 Å². The van der Waals surface area contributed by atoms with Crippen molar-refractivity contribution in [1.29, 1.82) is 0 Å². The molecule has 1 atom stereocenters. The van der Waals surface area contributed by atoms with Gasteiger partial charge in [-0.3, -0.25) is 4.90 Å². The molecule has 0 saturated carbocycles. The third-order valence-electron chi connectivity index (χ3n) is 3.19. The highest BCUT2D eigenvalue weighted by molar-refractivity contribution is 7.98. The van der Waals surface area contributed by atoms with Gasteiger partial charge in [0, 0.05) is 38.8 Å². The molecular formula is C12H27N3S. The topological polar surface area (TPSA) is 32.5 Å². The zero-order valence-corrected chi connectivity index (χ0v) is 11.6. The van der Waals surface area contributed by atoms with Crippen molar-refractivity contribution in [2.24, 2.45) is 5.73 Å². The van der Waals surface area contributed by atoms with Crippen LogP contribution >= 0.6 is 11.8 Å². The molecular weight excluding hydrogens is 218 g/mol. The average molecular weight is 245 g/mol. The van der Waals surface area contributed by atoms with Gasteiger partial charge in [0.15, 0.2) is 0 Å². The van der Waals surface area contributed by atoms with Crippen molar-refractivity contribution in [2.75, 3.05) is 51.3 Å². The minimum Gasteiger partial charge on any atom is -0.327 e. The average Bonchev–Trinajstić information content (AvgIpc) is 2.29. The van der Waals surface area contributed by atoms with Crippen molar-refractivity contribution in [3.05, 3.63) is 0 Å². The lowest BCUT2D eigenvalue weighted by molar-refractivity contribution is 0.127. The molecule has 96 valence electrons. The van der Waals surface area contributed by atoms with Gasteiger partial charge in [0.05, 0.1) is 0 Å². The Morgan fingerprint density at radius 3 is 2.38 bits per heavy atom. The van der Waals surface area contributed by atoms with Crippen LogP contribution in [0.25, 0.3) is 0 Å². The van der Waals surface area contributed by atoms with Crippen LogP contribution in [-0.2, 0) is 0 Å². The monoisotopic (exact) mass is 245 g/mol. The van der Waals surface area contributed by atoms with E-state index in [1.54, 1.807) is 0 Å². The number of piperazine rings is 1. The number of rotatable bonds is 7. The van der Waals surface area contributed by atoms with Crippen LogP contribution in [0.3, 0.4) is 0 Å². The maximum Gasteiger partial charge on any atom is 0.0175 e. The molecule has 0 amide bonds. The van der Waals surface area contributed by atoms with Crippen LogP contribution in [-0.4, -0.2) is 67.1 Å². The fourth-order valence-electron chi connectivity index (χ4n) is 2.20. The predicted octanol–water partition coefficient (Wildman–Crippen LogP) is 1.09. The Morgan fingerprint density at radius 1 is 1.19 bits per heavy atom. The van der Waals surface area contributed by atoms with Crippen LogP contribution in [0.1, 0.15) is 19.8 Å². The molecule has 0 aromatic rings. The first-order valence-electron chi connectivity index (χ1n) is 6.45. The Morgan fingerprint density at radius 2 is 1.81 bits per heavy atom. The summed E-state index contributed by atoms with van der Waals surface area (Å²) in [6.45, 7) is 9.45. The smallest absolute Gasteiger partial charge is 0.0175 e. The SMILES string of the molecule is CCCN1CCN(C[C@@H](N)CCSC)CC1. The van der Waals surface area contributed by atoms with Gasteiger partial charge in [0.1, 0.15) is 0 Å². The van der Waals surface area contributed by atoms with E-state index in [0.717, 1.165) is 13.0 Å². The van der Waals surface area contributed by atoms with Gasteiger partial charge in [-0.1, -0.05) is 6.92 Å². The summed E-state index contributed by atoms with van der Waals surface area (Å²) >= 11 is 1.89. The normalized spacial score (nSPS) is 21.2. The molecule has 1 heterocycles. The van der Waals surface area contributed by atoms with Gasteiger partial charge in [-0.25, -0.2) is 0 Å². The Hall–Kier alpha value is 0.230. The van der Waals surface area contributed by atoms with Gasteiger partial charge in [-0.15, -0.1) is 0 Å². The molecule has 0 aromatic heterocycles. The highest BCUT2D eigenvalue weighted by atomic mass is 32.2. The van der Waals surface area contributed by atoms with E-state index in [2.05, 4.69) is 23.0 Å². The number of nitrogens with zero attached hydrogens (tertiary/aromatic N) is 2. The highest BCUT2D eigenvalue weighted by Gasteiger charge is 2.17. The Balaban J connectivity index is 2.11. The van der Waals surface area contributed by atoms with E-state index in [1.165, 1.54) is 44.9 Å². The second kappa shape index (κ2) is 8.34. The lowest BCUT2D eigenvalue weighted by atomic mass is 10.2. The summed E-state index contributed by atoms with van der Waals surface area (Å²) in [6, 6.07) is 0.366. The minimum atomic E-state index is 0.366. The summed E-state index contributed by atoms with van der Waals surface area (Å²) in [6.07, 6.45) is 4.57. The first-order chi connectivity index (χ1) is 7.76. The van der Waals surface area contributed by atoms with Crippen molar-refractivity contribution < 1.29 is 0 Å². The number of nitrogens with two attached hydrogens (primary N) is 1.